The van der Waals surface area contributed by atoms with Crippen molar-refractivity contribution in [3.8, 4) is 11.4 Å². The van der Waals surface area contributed by atoms with Gasteiger partial charge in [0.15, 0.2) is 5.82 Å². The topological polar surface area (TPSA) is 37.8 Å². The zero-order valence-electron chi connectivity index (χ0n) is 11.5. The first-order valence-electron chi connectivity index (χ1n) is 6.53. The van der Waals surface area contributed by atoms with Crippen LogP contribution in [0.2, 0.25) is 0 Å². The van der Waals surface area contributed by atoms with Gasteiger partial charge in [0.2, 0.25) is 0 Å². The van der Waals surface area contributed by atoms with Gasteiger partial charge in [-0.25, -0.2) is 9.97 Å². The molecule has 19 heavy (non-hydrogen) atoms. The average molecular weight is 320 g/mol. The van der Waals surface area contributed by atoms with Crippen LogP contribution in [0.5, 0.6) is 0 Å². The lowest BCUT2D eigenvalue weighted by molar-refractivity contribution is 1.06. The van der Waals surface area contributed by atoms with Crippen LogP contribution >= 0.6 is 15.9 Å². The maximum atomic E-state index is 4.58. The van der Waals surface area contributed by atoms with Gasteiger partial charge in [-0.15, -0.1) is 0 Å². The summed E-state index contributed by atoms with van der Waals surface area (Å²) in [5.41, 5.74) is 3.32. The second-order valence-corrected chi connectivity index (χ2v) is 5.17. The van der Waals surface area contributed by atoms with Gasteiger partial charge in [-0.1, -0.05) is 31.2 Å². The quantitative estimate of drug-likeness (QED) is 0.917. The summed E-state index contributed by atoms with van der Waals surface area (Å²) in [6.07, 6.45) is 1.04. The summed E-state index contributed by atoms with van der Waals surface area (Å²) in [5.74, 6) is 1.61. The van der Waals surface area contributed by atoms with E-state index < -0.39 is 0 Å². The first-order chi connectivity index (χ1) is 9.15. The Hall–Kier alpha value is -1.42. The normalized spacial score (nSPS) is 10.5. The molecule has 2 aromatic rings. The van der Waals surface area contributed by atoms with E-state index in [4.69, 9.17) is 0 Å². The van der Waals surface area contributed by atoms with Gasteiger partial charge in [0.25, 0.3) is 0 Å². The third kappa shape index (κ3) is 3.13. The van der Waals surface area contributed by atoms with E-state index in [9.17, 15) is 0 Å². The second-order valence-electron chi connectivity index (χ2n) is 4.38. The van der Waals surface area contributed by atoms with Crippen LogP contribution in [0.3, 0.4) is 0 Å². The van der Waals surface area contributed by atoms with E-state index in [1.807, 2.05) is 6.92 Å². The van der Waals surface area contributed by atoms with Crippen molar-refractivity contribution in [1.82, 2.24) is 9.97 Å². The van der Waals surface area contributed by atoms with E-state index >= 15 is 0 Å². The summed E-state index contributed by atoms with van der Waals surface area (Å²) in [4.78, 5) is 9.12. The third-order valence-corrected chi connectivity index (χ3v) is 3.93. The maximum Gasteiger partial charge on any atom is 0.161 e. The minimum Gasteiger partial charge on any atom is -0.369 e. The summed E-state index contributed by atoms with van der Waals surface area (Å²) in [6.45, 7) is 7.03. The number of nitrogens with zero attached hydrogens (tertiary/aromatic N) is 2. The molecule has 3 nitrogen and oxygen atoms in total. The van der Waals surface area contributed by atoms with Crippen LogP contribution in [-0.4, -0.2) is 16.5 Å². The van der Waals surface area contributed by atoms with E-state index in [2.05, 4.69) is 69.3 Å². The van der Waals surface area contributed by atoms with Crippen LogP contribution in [0.15, 0.2) is 28.7 Å². The number of benzene rings is 1. The summed E-state index contributed by atoms with van der Waals surface area (Å²) in [5, 5.41) is 3.25. The highest BCUT2D eigenvalue weighted by atomic mass is 79.9. The van der Waals surface area contributed by atoms with Gasteiger partial charge < -0.3 is 5.32 Å². The molecule has 1 N–H and O–H groups in total. The van der Waals surface area contributed by atoms with Gasteiger partial charge in [0, 0.05) is 12.1 Å². The molecular weight excluding hydrogens is 302 g/mol. The molecule has 0 saturated carbocycles. The van der Waals surface area contributed by atoms with Crippen molar-refractivity contribution in [3.63, 3.8) is 0 Å². The molecule has 100 valence electrons. The molecule has 0 spiro atoms. The second kappa shape index (κ2) is 6.15. The van der Waals surface area contributed by atoms with Crippen molar-refractivity contribution in [3.05, 3.63) is 40.0 Å². The minimum absolute atomic E-state index is 0.763. The molecule has 0 fully saturated rings. The van der Waals surface area contributed by atoms with Crippen molar-refractivity contribution in [2.45, 2.75) is 27.2 Å². The van der Waals surface area contributed by atoms with Gasteiger partial charge in [-0.3, -0.25) is 0 Å². The van der Waals surface area contributed by atoms with E-state index in [0.29, 0.717) is 0 Å². The number of anilines is 1. The maximum absolute atomic E-state index is 4.58. The molecule has 0 radical (unpaired) electrons. The predicted octanol–water partition coefficient (Wildman–Crippen LogP) is 4.21. The fourth-order valence-corrected chi connectivity index (χ4v) is 2.18. The number of aryl methyl sites for hydroxylation is 2. The Morgan fingerprint density at radius 1 is 1.11 bits per heavy atom. The number of hydrogen-bond acceptors (Lipinski definition) is 3. The van der Waals surface area contributed by atoms with Crippen molar-refractivity contribution in [1.29, 1.82) is 0 Å². The molecule has 0 unspecified atom stereocenters. The molecule has 2 rings (SSSR count). The van der Waals surface area contributed by atoms with Crippen LogP contribution in [0.25, 0.3) is 11.4 Å². The molecular formula is C15H18BrN3. The molecule has 0 aliphatic rings. The molecule has 4 heteroatoms. The highest BCUT2D eigenvalue weighted by Gasteiger charge is 2.10. The first-order valence-corrected chi connectivity index (χ1v) is 7.32. The number of rotatable bonds is 4. The molecule has 0 aliphatic heterocycles. The molecule has 0 atom stereocenters. The first kappa shape index (κ1) is 14.0. The molecule has 1 heterocycles. The standard InChI is InChI=1S/C15H18BrN3/c1-4-11-6-8-12(9-7-11)14-18-10(3)13(16)15(19-14)17-5-2/h6-9H,4-5H2,1-3H3,(H,17,18,19). The number of hydrogen-bond donors (Lipinski definition) is 1. The summed E-state index contributed by atoms with van der Waals surface area (Å²) in [7, 11) is 0. The molecule has 1 aromatic heterocycles. The molecule has 0 bridgehead atoms. The highest BCUT2D eigenvalue weighted by Crippen LogP contribution is 2.26. The third-order valence-electron chi connectivity index (χ3n) is 2.98. The Balaban J connectivity index is 2.43. The van der Waals surface area contributed by atoms with Crippen LogP contribution in [0, 0.1) is 6.92 Å². The Morgan fingerprint density at radius 3 is 2.37 bits per heavy atom. The Kier molecular flexibility index (Phi) is 4.53. The van der Waals surface area contributed by atoms with Crippen LogP contribution in [0.4, 0.5) is 5.82 Å². The van der Waals surface area contributed by atoms with Gasteiger partial charge in [0.05, 0.1) is 10.2 Å². The van der Waals surface area contributed by atoms with Crippen LogP contribution in [-0.2, 0) is 6.42 Å². The van der Waals surface area contributed by atoms with E-state index in [-0.39, 0.29) is 0 Å². The molecule has 0 saturated heterocycles. The monoisotopic (exact) mass is 319 g/mol. The molecule has 1 aromatic carbocycles. The zero-order valence-corrected chi connectivity index (χ0v) is 13.1. The van der Waals surface area contributed by atoms with Crippen molar-refractivity contribution in [2.24, 2.45) is 0 Å². The average Bonchev–Trinajstić information content (AvgIpc) is 2.44. The van der Waals surface area contributed by atoms with Crippen molar-refractivity contribution in [2.75, 3.05) is 11.9 Å². The lowest BCUT2D eigenvalue weighted by Gasteiger charge is -2.10. The van der Waals surface area contributed by atoms with E-state index in [1.54, 1.807) is 0 Å². The summed E-state index contributed by atoms with van der Waals surface area (Å²) in [6, 6.07) is 8.42. The number of halogens is 1. The van der Waals surface area contributed by atoms with E-state index in [1.165, 1.54) is 5.56 Å². The molecule has 0 amide bonds. The Labute approximate surface area is 122 Å². The van der Waals surface area contributed by atoms with Crippen molar-refractivity contribution >= 4 is 21.7 Å². The van der Waals surface area contributed by atoms with Crippen LogP contribution < -0.4 is 5.32 Å². The lowest BCUT2D eigenvalue weighted by atomic mass is 10.1. The smallest absolute Gasteiger partial charge is 0.161 e. The summed E-state index contributed by atoms with van der Waals surface area (Å²) < 4.78 is 0.934. The Bertz CT molecular complexity index is 564. The number of aromatic nitrogens is 2. The predicted molar refractivity (Wildman–Crippen MR) is 83.4 cm³/mol. The zero-order chi connectivity index (χ0) is 13.8. The van der Waals surface area contributed by atoms with Gasteiger partial charge >= 0.3 is 0 Å². The Morgan fingerprint density at radius 2 is 1.79 bits per heavy atom. The SMILES string of the molecule is CCNc1nc(-c2ccc(CC)cc2)nc(C)c1Br. The number of nitrogens with one attached hydrogen (secondary N) is 1. The summed E-state index contributed by atoms with van der Waals surface area (Å²) >= 11 is 3.52. The van der Waals surface area contributed by atoms with E-state index in [0.717, 1.165) is 40.3 Å². The van der Waals surface area contributed by atoms with Gasteiger partial charge in [0.1, 0.15) is 5.82 Å². The van der Waals surface area contributed by atoms with Crippen molar-refractivity contribution < 1.29 is 0 Å². The molecule has 0 aliphatic carbocycles. The van der Waals surface area contributed by atoms with Crippen LogP contribution in [0.1, 0.15) is 25.1 Å². The lowest BCUT2D eigenvalue weighted by Crippen LogP contribution is -2.04. The largest absolute Gasteiger partial charge is 0.369 e. The van der Waals surface area contributed by atoms with Gasteiger partial charge in [-0.05, 0) is 41.8 Å². The minimum atomic E-state index is 0.763. The fraction of sp³-hybridized carbons (Fsp3) is 0.333. The highest BCUT2D eigenvalue weighted by molar-refractivity contribution is 9.10. The van der Waals surface area contributed by atoms with Gasteiger partial charge in [-0.2, -0.15) is 0 Å². The fourth-order valence-electron chi connectivity index (χ4n) is 1.86.